The van der Waals surface area contributed by atoms with Gasteiger partial charge in [-0.3, -0.25) is 4.90 Å². The Balaban J connectivity index is 1.80. The third-order valence-corrected chi connectivity index (χ3v) is 4.03. The van der Waals surface area contributed by atoms with Gasteiger partial charge in [0.25, 0.3) is 0 Å². The fourth-order valence-corrected chi connectivity index (χ4v) is 3.04. The highest BCUT2D eigenvalue weighted by Crippen LogP contribution is 2.19. The van der Waals surface area contributed by atoms with Gasteiger partial charge >= 0.3 is 0 Å². The van der Waals surface area contributed by atoms with E-state index >= 15 is 0 Å². The van der Waals surface area contributed by atoms with E-state index in [9.17, 15) is 0 Å². The van der Waals surface area contributed by atoms with Crippen LogP contribution >= 0.6 is 11.3 Å². The monoisotopic (exact) mass is 266 g/mol. The van der Waals surface area contributed by atoms with Gasteiger partial charge in [0, 0.05) is 32.1 Å². The first-order chi connectivity index (χ1) is 8.74. The molecule has 0 spiro atoms. The number of nitrogens with zero attached hydrogens (tertiary/aromatic N) is 5. The first-order valence-corrected chi connectivity index (χ1v) is 7.20. The van der Waals surface area contributed by atoms with E-state index in [0.717, 1.165) is 48.5 Å². The Kier molecular flexibility index (Phi) is 3.27. The third-order valence-electron chi connectivity index (χ3n) is 3.14. The summed E-state index contributed by atoms with van der Waals surface area (Å²) in [5.41, 5.74) is 0. The molecule has 2 aromatic heterocycles. The number of fused-ring (bicyclic) bond motifs is 1. The first-order valence-electron chi connectivity index (χ1n) is 6.38. The smallest absolute Gasteiger partial charge is 0.234 e. The van der Waals surface area contributed by atoms with Crippen LogP contribution in [0.4, 0.5) is 0 Å². The minimum Gasteiger partial charge on any atom is -0.314 e. The summed E-state index contributed by atoms with van der Waals surface area (Å²) in [5, 5.41) is 17.5. The maximum Gasteiger partial charge on any atom is 0.234 e. The summed E-state index contributed by atoms with van der Waals surface area (Å²) in [4.78, 5) is 3.33. The maximum atomic E-state index is 4.64. The van der Waals surface area contributed by atoms with Gasteiger partial charge in [-0.2, -0.15) is 9.61 Å². The molecule has 7 heteroatoms. The summed E-state index contributed by atoms with van der Waals surface area (Å²) >= 11 is 1.65. The van der Waals surface area contributed by atoms with Crippen molar-refractivity contribution < 1.29 is 0 Å². The standard InChI is InChI=1S/C11H18N6S/c1-8(2)10-13-14-11-17(10)15-9(18-11)7-16-5-3-12-4-6-16/h8,12H,3-7H2,1-2H3. The van der Waals surface area contributed by atoms with Crippen LogP contribution in [0.2, 0.25) is 0 Å². The van der Waals surface area contributed by atoms with E-state index in [0.29, 0.717) is 5.92 Å². The quantitative estimate of drug-likeness (QED) is 0.887. The van der Waals surface area contributed by atoms with E-state index < -0.39 is 0 Å². The molecule has 0 bridgehead atoms. The minimum atomic E-state index is 0.356. The average molecular weight is 266 g/mol. The van der Waals surface area contributed by atoms with E-state index in [2.05, 4.69) is 39.4 Å². The van der Waals surface area contributed by atoms with Gasteiger partial charge in [-0.15, -0.1) is 10.2 Å². The molecule has 1 fully saturated rings. The Morgan fingerprint density at radius 3 is 2.78 bits per heavy atom. The fraction of sp³-hybridized carbons (Fsp3) is 0.727. The van der Waals surface area contributed by atoms with E-state index in [4.69, 9.17) is 0 Å². The summed E-state index contributed by atoms with van der Waals surface area (Å²) < 4.78 is 1.90. The highest BCUT2D eigenvalue weighted by molar-refractivity contribution is 7.16. The second-order valence-corrected chi connectivity index (χ2v) is 5.97. The molecule has 0 saturated carbocycles. The molecule has 0 unspecified atom stereocenters. The van der Waals surface area contributed by atoms with Crippen molar-refractivity contribution in [2.45, 2.75) is 26.3 Å². The van der Waals surface area contributed by atoms with Crippen LogP contribution < -0.4 is 5.32 Å². The van der Waals surface area contributed by atoms with Gasteiger partial charge < -0.3 is 5.32 Å². The molecule has 0 radical (unpaired) electrons. The lowest BCUT2D eigenvalue weighted by Crippen LogP contribution is -2.42. The number of hydrogen-bond acceptors (Lipinski definition) is 6. The third kappa shape index (κ3) is 2.25. The molecular formula is C11H18N6S. The lowest BCUT2D eigenvalue weighted by atomic mass is 10.2. The largest absolute Gasteiger partial charge is 0.314 e. The number of nitrogens with one attached hydrogen (secondary N) is 1. The van der Waals surface area contributed by atoms with Crippen molar-refractivity contribution in [3.63, 3.8) is 0 Å². The van der Waals surface area contributed by atoms with Crippen LogP contribution in [0.15, 0.2) is 0 Å². The van der Waals surface area contributed by atoms with E-state index in [1.54, 1.807) is 11.3 Å². The molecule has 1 aliphatic heterocycles. The molecule has 1 saturated heterocycles. The molecule has 98 valence electrons. The first kappa shape index (κ1) is 12.0. The second kappa shape index (κ2) is 4.91. The van der Waals surface area contributed by atoms with Gasteiger partial charge in [-0.1, -0.05) is 25.2 Å². The molecule has 3 heterocycles. The number of aromatic nitrogens is 4. The van der Waals surface area contributed by atoms with Crippen LogP contribution in [0, 0.1) is 0 Å². The van der Waals surface area contributed by atoms with Crippen molar-refractivity contribution in [2.24, 2.45) is 0 Å². The van der Waals surface area contributed by atoms with E-state index in [1.807, 2.05) is 4.52 Å². The van der Waals surface area contributed by atoms with Gasteiger partial charge in [0.15, 0.2) is 5.82 Å². The van der Waals surface area contributed by atoms with Crippen molar-refractivity contribution in [3.8, 4) is 0 Å². The van der Waals surface area contributed by atoms with E-state index in [1.165, 1.54) is 0 Å². The molecule has 18 heavy (non-hydrogen) atoms. The molecule has 1 aliphatic rings. The lowest BCUT2D eigenvalue weighted by Gasteiger charge is -2.25. The van der Waals surface area contributed by atoms with Crippen molar-refractivity contribution in [1.82, 2.24) is 30.0 Å². The minimum absolute atomic E-state index is 0.356. The fourth-order valence-electron chi connectivity index (χ4n) is 2.16. The Bertz CT molecular complexity index is 525. The SMILES string of the molecule is CC(C)c1nnc2sc(CN3CCNCC3)nn12. The Hall–Kier alpha value is -1.05. The number of hydrogen-bond donors (Lipinski definition) is 1. The zero-order chi connectivity index (χ0) is 12.5. The van der Waals surface area contributed by atoms with Crippen molar-refractivity contribution in [3.05, 3.63) is 10.8 Å². The molecule has 0 aromatic carbocycles. The van der Waals surface area contributed by atoms with Crippen LogP contribution in [0.25, 0.3) is 4.96 Å². The Morgan fingerprint density at radius 2 is 2.06 bits per heavy atom. The Morgan fingerprint density at radius 1 is 1.28 bits per heavy atom. The predicted octanol–water partition coefficient (Wildman–Crippen LogP) is 0.714. The van der Waals surface area contributed by atoms with Crippen LogP contribution in [0.5, 0.6) is 0 Å². The summed E-state index contributed by atoms with van der Waals surface area (Å²) in [6.45, 7) is 9.49. The highest BCUT2D eigenvalue weighted by atomic mass is 32.1. The van der Waals surface area contributed by atoms with Gasteiger partial charge in [0.05, 0.1) is 6.54 Å². The highest BCUT2D eigenvalue weighted by Gasteiger charge is 2.16. The van der Waals surface area contributed by atoms with Crippen molar-refractivity contribution in [2.75, 3.05) is 26.2 Å². The second-order valence-electron chi connectivity index (χ2n) is 4.93. The maximum absolute atomic E-state index is 4.64. The van der Waals surface area contributed by atoms with Crippen molar-refractivity contribution >= 4 is 16.3 Å². The zero-order valence-electron chi connectivity index (χ0n) is 10.8. The number of piperazine rings is 1. The predicted molar refractivity (Wildman–Crippen MR) is 70.9 cm³/mol. The molecule has 0 amide bonds. The van der Waals surface area contributed by atoms with Gasteiger partial charge in [-0.25, -0.2) is 0 Å². The summed E-state index contributed by atoms with van der Waals surface area (Å²) in [6, 6.07) is 0. The summed E-state index contributed by atoms with van der Waals surface area (Å²) in [7, 11) is 0. The summed E-state index contributed by atoms with van der Waals surface area (Å²) in [6.07, 6.45) is 0. The Labute approximate surface area is 110 Å². The van der Waals surface area contributed by atoms with Crippen LogP contribution in [0.1, 0.15) is 30.6 Å². The molecule has 6 nitrogen and oxygen atoms in total. The number of rotatable bonds is 3. The van der Waals surface area contributed by atoms with Crippen molar-refractivity contribution in [1.29, 1.82) is 0 Å². The molecule has 1 N–H and O–H groups in total. The van der Waals surface area contributed by atoms with Crippen LogP contribution in [-0.2, 0) is 6.54 Å². The average Bonchev–Trinajstić information content (AvgIpc) is 2.89. The normalized spacial score (nSPS) is 17.9. The summed E-state index contributed by atoms with van der Waals surface area (Å²) in [5.74, 6) is 1.31. The van der Waals surface area contributed by atoms with Crippen LogP contribution in [-0.4, -0.2) is 50.9 Å². The lowest BCUT2D eigenvalue weighted by molar-refractivity contribution is 0.232. The molecule has 3 rings (SSSR count). The van der Waals surface area contributed by atoms with Gasteiger partial charge in [-0.05, 0) is 0 Å². The zero-order valence-corrected chi connectivity index (χ0v) is 11.6. The molecular weight excluding hydrogens is 248 g/mol. The van der Waals surface area contributed by atoms with Crippen LogP contribution in [0.3, 0.4) is 0 Å². The molecule has 0 aliphatic carbocycles. The molecule has 0 atom stereocenters. The molecule has 2 aromatic rings. The van der Waals surface area contributed by atoms with Gasteiger partial charge in [0.2, 0.25) is 4.96 Å². The van der Waals surface area contributed by atoms with Gasteiger partial charge in [0.1, 0.15) is 5.01 Å². The topological polar surface area (TPSA) is 58.4 Å². The van der Waals surface area contributed by atoms with E-state index in [-0.39, 0.29) is 0 Å².